The van der Waals surface area contributed by atoms with Gasteiger partial charge in [0.15, 0.2) is 17.2 Å². The van der Waals surface area contributed by atoms with E-state index in [1.165, 1.54) is 104 Å². The van der Waals surface area contributed by atoms with Crippen molar-refractivity contribution in [3.8, 4) is 63.1 Å². The van der Waals surface area contributed by atoms with E-state index in [-0.39, 0.29) is 0 Å². The van der Waals surface area contributed by atoms with Gasteiger partial charge in [-0.15, -0.1) is 11.3 Å². The zero-order valence-electron chi connectivity index (χ0n) is 58.0. The first kappa shape index (κ1) is 61.8. The Kier molecular flexibility index (Phi) is 13.6. The molecule has 8 aromatic heterocycles. The van der Waals surface area contributed by atoms with Crippen molar-refractivity contribution < 1.29 is 4.42 Å². The molecule has 23 aromatic rings. The Labute approximate surface area is 642 Å². The van der Waals surface area contributed by atoms with Crippen molar-refractivity contribution in [2.24, 2.45) is 0 Å². The van der Waals surface area contributed by atoms with Crippen LogP contribution in [0, 0.1) is 0 Å². The van der Waals surface area contributed by atoms with Crippen LogP contribution in [0.3, 0.4) is 0 Å². The summed E-state index contributed by atoms with van der Waals surface area (Å²) in [5, 5.41) is 17.6. The maximum atomic E-state index is 6.33. The number of furan rings is 1. The number of aromatic nitrogens is 10. The summed E-state index contributed by atoms with van der Waals surface area (Å²) in [4.78, 5) is 43.6. The predicted octanol–water partition coefficient (Wildman–Crippen LogP) is 25.9. The number of benzene rings is 15. The largest absolute Gasteiger partial charge is 0.452 e. The van der Waals surface area contributed by atoms with Gasteiger partial charge in [-0.2, -0.15) is 9.97 Å². The quantitative estimate of drug-likeness (QED) is 0.152. The molecule has 26 rings (SSSR count). The highest BCUT2D eigenvalue weighted by Crippen LogP contribution is 2.54. The van der Waals surface area contributed by atoms with Gasteiger partial charge in [0.25, 0.3) is 0 Å². The highest BCUT2D eigenvalue weighted by molar-refractivity contribution is 8.00. The molecule has 0 saturated carbocycles. The summed E-state index contributed by atoms with van der Waals surface area (Å²) in [6, 6.07) is 110. The summed E-state index contributed by atoms with van der Waals surface area (Å²) in [5.41, 5.74) is 16.0. The molecule has 0 atom stereocenters. The van der Waals surface area contributed by atoms with Crippen molar-refractivity contribution in [1.29, 1.82) is 0 Å². The van der Waals surface area contributed by atoms with E-state index in [1.54, 1.807) is 11.3 Å². The Balaban J connectivity index is 0.0000000965. The second kappa shape index (κ2) is 24.1. The molecular formula is C95H52N10OS4. The lowest BCUT2D eigenvalue weighted by Gasteiger charge is -2.14. The van der Waals surface area contributed by atoms with E-state index in [1.807, 2.05) is 132 Å². The lowest BCUT2D eigenvalue weighted by Crippen LogP contribution is -2.06. The van der Waals surface area contributed by atoms with E-state index in [9.17, 15) is 0 Å². The maximum Gasteiger partial charge on any atom is 0.238 e. The highest BCUT2D eigenvalue weighted by atomic mass is 32.2. The zero-order chi connectivity index (χ0) is 71.8. The number of hydrogen-bond acceptors (Lipinski definition) is 12. The van der Waals surface area contributed by atoms with Crippen molar-refractivity contribution in [2.45, 2.75) is 29.4 Å². The van der Waals surface area contributed by atoms with Crippen molar-refractivity contribution in [1.82, 2.24) is 48.6 Å². The van der Waals surface area contributed by atoms with Gasteiger partial charge in [0, 0.05) is 116 Å². The Hall–Kier alpha value is -13.3. The number of fused-ring (bicyclic) bond motifs is 6. The molecule has 3 aliphatic rings. The van der Waals surface area contributed by atoms with E-state index in [2.05, 4.69) is 232 Å². The summed E-state index contributed by atoms with van der Waals surface area (Å²) in [6.45, 7) is 0. The normalized spacial score (nSPS) is 12.6. The van der Waals surface area contributed by atoms with E-state index in [0.717, 1.165) is 99.4 Å². The minimum absolute atomic E-state index is 0.628. The van der Waals surface area contributed by atoms with Crippen molar-refractivity contribution in [3.05, 3.63) is 315 Å². The van der Waals surface area contributed by atoms with Crippen molar-refractivity contribution in [2.75, 3.05) is 0 Å². The molecule has 3 aliphatic heterocycles. The van der Waals surface area contributed by atoms with Crippen LogP contribution in [0.2, 0.25) is 0 Å². The standard InChI is InChI=1S/C32H17N3OS.C32H17N3S2.C31H18N4S/c1-2-8-19(9-3-1)29-31-30(20-11-4-5-13-23(20)36-31)34-32(33-29)35-21-12-7-15-25-27(21)28-22(35)17-16-18-10-6-14-24(37-25)26(18)28;1-2-8-19(9-3-1)29-31-30(20-11-4-5-13-23(20)37-31)34-32(33-29)35-21-12-7-15-25-27(21)28-22(35)17-16-18-10-6-14-24(36-25)26(18)28;1-3-9-20(10-4-1)29-32-30(21-11-5-2-6-12-21)34-31(33-29)35-22-14-8-16-25-27(22)28-23(35)18-17-19-13-7-15-24(36-25)26(19)28/h2*1-17H;1-18H. The molecule has 15 heteroatoms. The van der Waals surface area contributed by atoms with E-state index < -0.39 is 0 Å². The van der Waals surface area contributed by atoms with E-state index in [0.29, 0.717) is 29.1 Å². The van der Waals surface area contributed by atoms with Gasteiger partial charge in [-0.05, 0) is 107 Å². The minimum atomic E-state index is 0.628. The average Bonchev–Trinajstić information content (AvgIpc) is 1.55. The monoisotopic (exact) mass is 1480 g/mol. The molecule has 0 fully saturated rings. The molecular weight excluding hydrogens is 1430 g/mol. The molecule has 11 heterocycles. The topological polar surface area (TPSA) is 118 Å². The molecule has 11 nitrogen and oxygen atoms in total. The van der Waals surface area contributed by atoms with Crippen LogP contribution in [-0.2, 0) is 0 Å². The van der Waals surface area contributed by atoms with Gasteiger partial charge in [0.2, 0.25) is 17.8 Å². The fraction of sp³-hybridized carbons (Fsp3) is 0. The summed E-state index contributed by atoms with van der Waals surface area (Å²) in [6.07, 6.45) is 0. The van der Waals surface area contributed by atoms with Gasteiger partial charge in [-0.25, -0.2) is 24.9 Å². The Morgan fingerprint density at radius 1 is 0.245 bits per heavy atom. The highest BCUT2D eigenvalue weighted by Gasteiger charge is 2.30. The molecule has 0 unspecified atom stereocenters. The zero-order valence-corrected chi connectivity index (χ0v) is 61.3. The van der Waals surface area contributed by atoms with E-state index in [4.69, 9.17) is 39.3 Å². The first-order chi connectivity index (χ1) is 54.5. The Morgan fingerprint density at radius 2 is 0.609 bits per heavy atom. The van der Waals surface area contributed by atoms with Crippen LogP contribution in [0.25, 0.3) is 203 Å². The maximum absolute atomic E-state index is 6.33. The first-order valence-corrected chi connectivity index (χ1v) is 39.7. The molecule has 0 bridgehead atoms. The molecule has 110 heavy (non-hydrogen) atoms. The smallest absolute Gasteiger partial charge is 0.238 e. The molecule has 15 aromatic carbocycles. The summed E-state index contributed by atoms with van der Waals surface area (Å²) in [5.74, 6) is 3.32. The Bertz CT molecular complexity index is 7510. The number of para-hydroxylation sites is 1. The van der Waals surface area contributed by atoms with Gasteiger partial charge >= 0.3 is 0 Å². The average molecular weight is 1480 g/mol. The van der Waals surface area contributed by atoms with Gasteiger partial charge < -0.3 is 4.42 Å². The van der Waals surface area contributed by atoms with Gasteiger partial charge in [-0.1, -0.05) is 260 Å². The van der Waals surface area contributed by atoms with Crippen LogP contribution < -0.4 is 0 Å². The number of rotatable bonds is 7. The van der Waals surface area contributed by atoms with Crippen LogP contribution in [0.5, 0.6) is 0 Å². The van der Waals surface area contributed by atoms with Gasteiger partial charge in [0.05, 0.1) is 49.0 Å². The molecule has 0 saturated heterocycles. The first-order valence-electron chi connectivity index (χ1n) is 36.4. The number of thiophene rings is 1. The summed E-state index contributed by atoms with van der Waals surface area (Å²) < 4.78 is 15.4. The molecule has 0 spiro atoms. The second-order valence-electron chi connectivity index (χ2n) is 27.7. The lowest BCUT2D eigenvalue weighted by molar-refractivity contribution is 0.666. The van der Waals surface area contributed by atoms with Gasteiger partial charge in [0.1, 0.15) is 16.8 Å². The molecule has 0 amide bonds. The number of hydrogen-bond donors (Lipinski definition) is 0. The summed E-state index contributed by atoms with van der Waals surface area (Å²) in [7, 11) is 0. The molecule has 0 N–H and O–H groups in total. The lowest BCUT2D eigenvalue weighted by atomic mass is 10.0. The SMILES string of the molecule is c1ccc(-c2nc(-c3ccccc3)nc(-n3c4cccc5c4c4c6c(cccc6ccc43)S5)n2)cc1.c1ccc(-c2nc(-n3c4cccc5c4c4c6c(cccc6ccc43)S5)nc3c2oc2ccccc23)cc1.c1ccc(-c2nc(-n3c4cccc5c4c4c6c(cccc6ccc43)S5)nc3c2sc2ccccc23)cc1. The fourth-order valence-electron chi connectivity index (χ4n) is 16.9. The fourth-order valence-corrected chi connectivity index (χ4v) is 21.6. The number of nitrogens with zero attached hydrogens (tertiary/aromatic N) is 10. The van der Waals surface area contributed by atoms with Crippen molar-refractivity contribution >= 4 is 187 Å². The third-order valence-electron chi connectivity index (χ3n) is 21.6. The third-order valence-corrected chi connectivity index (χ3v) is 26.1. The van der Waals surface area contributed by atoms with Crippen LogP contribution in [0.15, 0.2) is 349 Å². The molecule has 512 valence electrons. The molecule has 0 aliphatic carbocycles. The van der Waals surface area contributed by atoms with Crippen molar-refractivity contribution in [3.63, 3.8) is 0 Å². The third kappa shape index (κ3) is 9.26. The molecule has 0 radical (unpaired) electrons. The van der Waals surface area contributed by atoms with Crippen LogP contribution in [0.1, 0.15) is 0 Å². The van der Waals surface area contributed by atoms with Crippen LogP contribution in [0.4, 0.5) is 0 Å². The summed E-state index contributed by atoms with van der Waals surface area (Å²) >= 11 is 7.31. The van der Waals surface area contributed by atoms with Crippen LogP contribution >= 0.6 is 46.6 Å². The van der Waals surface area contributed by atoms with Crippen LogP contribution in [-0.4, -0.2) is 48.6 Å². The Morgan fingerprint density at radius 3 is 1.08 bits per heavy atom. The second-order valence-corrected chi connectivity index (χ2v) is 32.1. The van der Waals surface area contributed by atoms with Gasteiger partial charge in [-0.3, -0.25) is 13.7 Å². The minimum Gasteiger partial charge on any atom is -0.452 e. The van der Waals surface area contributed by atoms with E-state index >= 15 is 0 Å². The predicted molar refractivity (Wildman–Crippen MR) is 454 cm³/mol.